The molecule has 0 radical (unpaired) electrons. The third-order valence-corrected chi connectivity index (χ3v) is 5.49. The second-order valence-corrected chi connectivity index (χ2v) is 7.54. The summed E-state index contributed by atoms with van der Waals surface area (Å²) in [5, 5.41) is 3.83. The summed E-state index contributed by atoms with van der Waals surface area (Å²) in [6.45, 7) is 0. The van der Waals surface area contributed by atoms with Gasteiger partial charge in [0.05, 0.1) is 36.7 Å². The molecule has 2 aromatic heterocycles. The van der Waals surface area contributed by atoms with E-state index in [0.717, 1.165) is 25.7 Å². The summed E-state index contributed by atoms with van der Waals surface area (Å²) in [5.41, 5.74) is 0.454. The van der Waals surface area contributed by atoms with Gasteiger partial charge in [0.15, 0.2) is 11.3 Å². The minimum absolute atomic E-state index is 0.0296. The first-order valence-electron chi connectivity index (χ1n) is 9.82. The molecule has 0 bridgehead atoms. The van der Waals surface area contributed by atoms with Crippen LogP contribution in [0.25, 0.3) is 11.0 Å². The van der Waals surface area contributed by atoms with Gasteiger partial charge in [0.25, 0.3) is 0 Å². The van der Waals surface area contributed by atoms with Crippen LogP contribution in [0.3, 0.4) is 0 Å². The number of methoxy groups -OCH3 is 2. The van der Waals surface area contributed by atoms with E-state index in [4.69, 9.17) is 30.2 Å². The van der Waals surface area contributed by atoms with E-state index >= 15 is 0 Å². The lowest BCUT2D eigenvalue weighted by Crippen LogP contribution is -2.13. The van der Waals surface area contributed by atoms with Crippen LogP contribution in [0.2, 0.25) is 5.02 Å². The molecular weight excluding hydrogens is 424 g/mol. The zero-order chi connectivity index (χ0) is 22.0. The Balaban J connectivity index is 1.85. The molecule has 2 heterocycles. The highest BCUT2D eigenvalue weighted by Gasteiger charge is 2.23. The quantitative estimate of drug-likeness (QED) is 0.431. The molecule has 1 aliphatic rings. The number of fused-ring (bicyclic) bond motifs is 1. The maximum absolute atomic E-state index is 12.4. The van der Waals surface area contributed by atoms with Crippen LogP contribution >= 0.6 is 11.6 Å². The molecule has 162 valence electrons. The van der Waals surface area contributed by atoms with Gasteiger partial charge in [-0.1, -0.05) is 11.6 Å². The molecule has 0 unspecified atom stereocenters. The van der Waals surface area contributed by atoms with Gasteiger partial charge in [-0.25, -0.2) is 9.59 Å². The minimum Gasteiger partial charge on any atom is -0.493 e. The summed E-state index contributed by atoms with van der Waals surface area (Å²) in [7, 11) is 2.79. The minimum atomic E-state index is -0.614. The Morgan fingerprint density at radius 1 is 1.23 bits per heavy atom. The molecule has 1 fully saturated rings. The van der Waals surface area contributed by atoms with Gasteiger partial charge >= 0.3 is 11.6 Å². The van der Waals surface area contributed by atoms with Crippen molar-refractivity contribution in [2.45, 2.75) is 31.8 Å². The van der Waals surface area contributed by atoms with Crippen LogP contribution in [-0.2, 0) is 4.74 Å². The van der Waals surface area contributed by atoms with E-state index in [9.17, 15) is 9.59 Å². The number of aromatic nitrogens is 1. The molecule has 1 saturated carbocycles. The third kappa shape index (κ3) is 4.16. The summed E-state index contributed by atoms with van der Waals surface area (Å²) < 4.78 is 22.0. The molecule has 1 aromatic carbocycles. The standard InChI is InChI=1S/C22H21ClN2O6/c1-28-17-8-7-13-16(25-19-14(22(27)29-2)10-24-11-15(19)23)9-18(26)31-20(13)21(17)30-12-5-3-4-6-12/h7-12H,3-6H2,1-2H3,(H,24,25). The van der Waals surface area contributed by atoms with E-state index in [1.807, 2.05) is 0 Å². The van der Waals surface area contributed by atoms with Gasteiger partial charge in [-0.15, -0.1) is 0 Å². The Morgan fingerprint density at radius 3 is 2.71 bits per heavy atom. The highest BCUT2D eigenvalue weighted by atomic mass is 35.5. The molecule has 9 heteroatoms. The Bertz CT molecular complexity index is 1190. The van der Waals surface area contributed by atoms with Crippen LogP contribution in [0, 0.1) is 0 Å². The average Bonchev–Trinajstić information content (AvgIpc) is 3.28. The number of benzene rings is 1. The van der Waals surface area contributed by atoms with Gasteiger partial charge in [-0.3, -0.25) is 4.98 Å². The molecule has 3 aromatic rings. The lowest BCUT2D eigenvalue weighted by molar-refractivity contribution is 0.0601. The summed E-state index contributed by atoms with van der Waals surface area (Å²) in [5.74, 6) is 0.232. The molecule has 4 rings (SSSR count). The van der Waals surface area contributed by atoms with Gasteiger partial charge in [-0.2, -0.15) is 0 Å². The Hall–Kier alpha value is -3.26. The number of hydrogen-bond donors (Lipinski definition) is 1. The van der Waals surface area contributed by atoms with E-state index in [1.54, 1.807) is 12.1 Å². The maximum atomic E-state index is 12.4. The number of esters is 1. The Labute approximate surface area is 183 Å². The number of halogens is 1. The number of nitrogens with zero attached hydrogens (tertiary/aromatic N) is 1. The molecule has 0 saturated heterocycles. The third-order valence-electron chi connectivity index (χ3n) is 5.20. The van der Waals surface area contributed by atoms with Crippen LogP contribution in [0.4, 0.5) is 11.4 Å². The van der Waals surface area contributed by atoms with Gasteiger partial charge < -0.3 is 23.9 Å². The Kier molecular flexibility index (Phi) is 5.99. The molecule has 1 N–H and O–H groups in total. The molecule has 0 aliphatic heterocycles. The maximum Gasteiger partial charge on any atom is 0.341 e. The van der Waals surface area contributed by atoms with Crippen molar-refractivity contribution in [1.82, 2.24) is 4.98 Å². The van der Waals surface area contributed by atoms with Gasteiger partial charge in [0, 0.05) is 23.8 Å². The van der Waals surface area contributed by atoms with Gasteiger partial charge in [0.1, 0.15) is 5.56 Å². The number of ether oxygens (including phenoxy) is 3. The number of hydrogen-bond acceptors (Lipinski definition) is 8. The summed E-state index contributed by atoms with van der Waals surface area (Å²) in [4.78, 5) is 28.5. The van der Waals surface area contributed by atoms with Crippen LogP contribution < -0.4 is 20.4 Å². The zero-order valence-corrected chi connectivity index (χ0v) is 17.8. The number of anilines is 2. The van der Waals surface area contributed by atoms with Crippen molar-refractivity contribution < 1.29 is 23.4 Å². The monoisotopic (exact) mass is 444 g/mol. The fourth-order valence-corrected chi connectivity index (χ4v) is 3.90. The average molecular weight is 445 g/mol. The number of carbonyl (C=O) groups is 1. The van der Waals surface area contributed by atoms with E-state index in [1.165, 1.54) is 32.7 Å². The molecule has 8 nitrogen and oxygen atoms in total. The van der Waals surface area contributed by atoms with Crippen LogP contribution in [0.1, 0.15) is 36.0 Å². The van der Waals surface area contributed by atoms with Crippen molar-refractivity contribution in [1.29, 1.82) is 0 Å². The zero-order valence-electron chi connectivity index (χ0n) is 17.1. The topological polar surface area (TPSA) is 99.9 Å². The van der Waals surface area contributed by atoms with E-state index in [2.05, 4.69) is 10.3 Å². The Morgan fingerprint density at radius 2 is 2.00 bits per heavy atom. The van der Waals surface area contributed by atoms with E-state index in [-0.39, 0.29) is 28.0 Å². The molecular formula is C22H21ClN2O6. The van der Waals surface area contributed by atoms with Crippen molar-refractivity contribution in [3.05, 3.63) is 51.6 Å². The second-order valence-electron chi connectivity index (χ2n) is 7.14. The number of rotatable bonds is 6. The van der Waals surface area contributed by atoms with Gasteiger partial charge in [0.2, 0.25) is 5.75 Å². The number of carbonyl (C=O) groups excluding carboxylic acids is 1. The highest BCUT2D eigenvalue weighted by Crippen LogP contribution is 2.41. The summed E-state index contributed by atoms with van der Waals surface area (Å²) in [6, 6.07) is 4.77. The number of pyridine rings is 1. The van der Waals surface area contributed by atoms with Gasteiger partial charge in [-0.05, 0) is 37.8 Å². The van der Waals surface area contributed by atoms with Crippen molar-refractivity contribution in [2.24, 2.45) is 0 Å². The molecule has 31 heavy (non-hydrogen) atoms. The normalized spacial score (nSPS) is 13.9. The van der Waals surface area contributed by atoms with Crippen LogP contribution in [0.5, 0.6) is 11.5 Å². The van der Waals surface area contributed by atoms with Crippen molar-refractivity contribution >= 4 is 39.9 Å². The number of nitrogens with one attached hydrogen (secondary N) is 1. The largest absolute Gasteiger partial charge is 0.493 e. The van der Waals surface area contributed by atoms with E-state index < -0.39 is 11.6 Å². The van der Waals surface area contributed by atoms with E-state index in [0.29, 0.717) is 22.6 Å². The fourth-order valence-electron chi connectivity index (χ4n) is 3.69. The first-order valence-corrected chi connectivity index (χ1v) is 10.2. The first-order chi connectivity index (χ1) is 15.0. The molecule has 0 spiro atoms. The smallest absolute Gasteiger partial charge is 0.341 e. The lowest BCUT2D eigenvalue weighted by atomic mass is 10.1. The SMILES string of the molecule is COC(=O)c1cncc(Cl)c1Nc1cc(=O)oc2c(OC3CCCC3)c(OC)ccc12. The first kappa shape index (κ1) is 21.0. The second kappa shape index (κ2) is 8.85. The van der Waals surface area contributed by atoms with Crippen molar-refractivity contribution in [3.63, 3.8) is 0 Å². The summed E-state index contributed by atoms with van der Waals surface area (Å²) >= 11 is 6.28. The van der Waals surface area contributed by atoms with Crippen LogP contribution in [0.15, 0.2) is 39.8 Å². The van der Waals surface area contributed by atoms with Crippen molar-refractivity contribution in [2.75, 3.05) is 19.5 Å². The molecule has 0 amide bonds. The predicted molar refractivity (Wildman–Crippen MR) is 116 cm³/mol. The van der Waals surface area contributed by atoms with Crippen molar-refractivity contribution in [3.8, 4) is 11.5 Å². The predicted octanol–water partition coefficient (Wildman–Crippen LogP) is 4.70. The summed E-state index contributed by atoms with van der Waals surface area (Å²) in [6.07, 6.45) is 6.79. The lowest BCUT2D eigenvalue weighted by Gasteiger charge is -2.18. The van der Waals surface area contributed by atoms with Crippen LogP contribution in [-0.4, -0.2) is 31.3 Å². The fraction of sp³-hybridized carbons (Fsp3) is 0.318. The molecule has 1 aliphatic carbocycles. The molecule has 0 atom stereocenters. The highest BCUT2D eigenvalue weighted by molar-refractivity contribution is 6.34.